The molecule has 0 radical (unpaired) electrons. The monoisotopic (exact) mass is 380 g/mol. The number of nitrogens with zero attached hydrogens (tertiary/aromatic N) is 4. The summed E-state index contributed by atoms with van der Waals surface area (Å²) in [5, 5.41) is 0.538. The average molecular weight is 381 g/mol. The van der Waals surface area contributed by atoms with Gasteiger partial charge in [0.25, 0.3) is 0 Å². The number of hydrogen-bond acceptors (Lipinski definition) is 2. The first-order valence-corrected chi connectivity index (χ1v) is 9.15. The normalized spacial score (nSPS) is 14.5. The van der Waals surface area contributed by atoms with Gasteiger partial charge in [-0.15, -0.1) is 0 Å². The SMILES string of the molecule is CN(C)C(=O)N1c2c(Cl)cccc2-n2cnc(-c3ccccc3)c2C1(C)C. The van der Waals surface area contributed by atoms with Gasteiger partial charge in [0, 0.05) is 19.7 Å². The van der Waals surface area contributed by atoms with Gasteiger partial charge in [0.1, 0.15) is 6.33 Å². The van der Waals surface area contributed by atoms with Crippen LogP contribution >= 0.6 is 11.6 Å². The van der Waals surface area contributed by atoms with Crippen LogP contribution in [0.3, 0.4) is 0 Å². The highest BCUT2D eigenvalue weighted by Crippen LogP contribution is 2.48. The Labute approximate surface area is 163 Å². The van der Waals surface area contributed by atoms with Crippen LogP contribution in [0.2, 0.25) is 5.02 Å². The molecule has 1 aliphatic heterocycles. The fraction of sp³-hybridized carbons (Fsp3) is 0.238. The van der Waals surface area contributed by atoms with Crippen LogP contribution in [0, 0.1) is 0 Å². The zero-order valence-electron chi connectivity index (χ0n) is 15.8. The fourth-order valence-electron chi connectivity index (χ4n) is 3.76. The highest BCUT2D eigenvalue weighted by molar-refractivity contribution is 6.34. The molecule has 0 saturated heterocycles. The topological polar surface area (TPSA) is 41.4 Å². The Morgan fingerprint density at radius 2 is 1.78 bits per heavy atom. The number of imidazole rings is 1. The second-order valence-electron chi connectivity index (χ2n) is 7.36. The van der Waals surface area contributed by atoms with Crippen LogP contribution in [-0.4, -0.2) is 34.6 Å². The fourth-order valence-corrected chi connectivity index (χ4v) is 4.02. The van der Waals surface area contributed by atoms with Crippen LogP contribution in [0.15, 0.2) is 54.9 Å². The van der Waals surface area contributed by atoms with Crippen LogP contribution in [-0.2, 0) is 5.54 Å². The van der Waals surface area contributed by atoms with E-state index in [0.29, 0.717) is 10.7 Å². The number of amides is 2. The summed E-state index contributed by atoms with van der Waals surface area (Å²) in [7, 11) is 3.50. The molecule has 138 valence electrons. The van der Waals surface area contributed by atoms with Crippen LogP contribution in [0.4, 0.5) is 10.5 Å². The molecule has 1 aliphatic rings. The van der Waals surface area contributed by atoms with Gasteiger partial charge in [-0.1, -0.05) is 48.0 Å². The highest BCUT2D eigenvalue weighted by Gasteiger charge is 2.45. The molecule has 2 heterocycles. The molecule has 0 bridgehead atoms. The zero-order valence-corrected chi connectivity index (χ0v) is 16.5. The lowest BCUT2D eigenvalue weighted by molar-refractivity contribution is 0.215. The Bertz CT molecular complexity index is 1020. The van der Waals surface area contributed by atoms with Gasteiger partial charge in [-0.25, -0.2) is 9.78 Å². The molecule has 1 aromatic heterocycles. The number of para-hydroxylation sites is 1. The molecule has 0 aliphatic carbocycles. The zero-order chi connectivity index (χ0) is 19.3. The van der Waals surface area contributed by atoms with E-state index in [9.17, 15) is 4.79 Å². The lowest BCUT2D eigenvalue weighted by atomic mass is 9.90. The molecule has 3 aromatic rings. The largest absolute Gasteiger partial charge is 0.330 e. The van der Waals surface area contributed by atoms with Crippen molar-refractivity contribution < 1.29 is 4.79 Å². The maximum absolute atomic E-state index is 13.2. The van der Waals surface area contributed by atoms with Crippen LogP contribution in [0.1, 0.15) is 19.5 Å². The summed E-state index contributed by atoms with van der Waals surface area (Å²) in [5.41, 5.74) is 3.73. The van der Waals surface area contributed by atoms with Gasteiger partial charge in [0.05, 0.1) is 33.3 Å². The van der Waals surface area contributed by atoms with Crippen LogP contribution in [0.5, 0.6) is 0 Å². The van der Waals surface area contributed by atoms with Gasteiger partial charge in [0.2, 0.25) is 0 Å². The average Bonchev–Trinajstić information content (AvgIpc) is 3.09. The van der Waals surface area contributed by atoms with Gasteiger partial charge < -0.3 is 4.90 Å². The molecule has 27 heavy (non-hydrogen) atoms. The summed E-state index contributed by atoms with van der Waals surface area (Å²) in [5.74, 6) is 0. The summed E-state index contributed by atoms with van der Waals surface area (Å²) < 4.78 is 2.04. The number of anilines is 1. The first-order chi connectivity index (χ1) is 12.8. The predicted molar refractivity (Wildman–Crippen MR) is 109 cm³/mol. The Hall–Kier alpha value is -2.79. The second-order valence-corrected chi connectivity index (χ2v) is 7.76. The lowest BCUT2D eigenvalue weighted by Gasteiger charge is -2.45. The van der Waals surface area contributed by atoms with Gasteiger partial charge in [-0.2, -0.15) is 0 Å². The van der Waals surface area contributed by atoms with Crippen molar-refractivity contribution in [1.29, 1.82) is 0 Å². The van der Waals surface area contributed by atoms with Crippen molar-refractivity contribution in [3.63, 3.8) is 0 Å². The standard InChI is InChI=1S/C21H21ClN4O/c1-21(2)19-17(14-9-6-5-7-10-14)23-13-25(19)16-12-8-11-15(22)18(16)26(21)20(27)24(3)4/h5-13H,1-4H3. The maximum Gasteiger partial charge on any atom is 0.324 e. The molecule has 0 unspecified atom stereocenters. The number of carbonyl (C=O) groups is 1. The third-order valence-electron chi connectivity index (χ3n) is 4.98. The Morgan fingerprint density at radius 3 is 2.44 bits per heavy atom. The third kappa shape index (κ3) is 2.53. The van der Waals surface area contributed by atoms with Crippen molar-refractivity contribution in [3.05, 3.63) is 65.6 Å². The van der Waals surface area contributed by atoms with Gasteiger partial charge in [-0.3, -0.25) is 9.47 Å². The Morgan fingerprint density at radius 1 is 1.07 bits per heavy atom. The molecule has 0 fully saturated rings. The van der Waals surface area contributed by atoms with E-state index < -0.39 is 5.54 Å². The van der Waals surface area contributed by atoms with Crippen molar-refractivity contribution in [2.75, 3.05) is 19.0 Å². The number of urea groups is 1. The lowest BCUT2D eigenvalue weighted by Crippen LogP contribution is -2.53. The quantitative estimate of drug-likeness (QED) is 0.600. The van der Waals surface area contributed by atoms with Crippen molar-refractivity contribution in [3.8, 4) is 16.9 Å². The summed E-state index contributed by atoms with van der Waals surface area (Å²) in [4.78, 5) is 21.2. The third-order valence-corrected chi connectivity index (χ3v) is 5.28. The van der Waals surface area contributed by atoms with E-state index in [2.05, 4.69) is 0 Å². The molecule has 6 heteroatoms. The first-order valence-electron chi connectivity index (χ1n) is 8.77. The van der Waals surface area contributed by atoms with Crippen molar-refractivity contribution in [2.24, 2.45) is 0 Å². The van der Waals surface area contributed by atoms with E-state index in [1.54, 1.807) is 23.9 Å². The Balaban J connectivity index is 2.05. The molecular formula is C21H21ClN4O. The van der Waals surface area contributed by atoms with E-state index >= 15 is 0 Å². The summed E-state index contributed by atoms with van der Waals surface area (Å²) in [6.07, 6.45) is 1.81. The molecular weight excluding hydrogens is 360 g/mol. The minimum atomic E-state index is -0.652. The smallest absolute Gasteiger partial charge is 0.324 e. The second kappa shape index (κ2) is 6.13. The number of benzene rings is 2. The number of rotatable bonds is 1. The molecule has 0 spiro atoms. The van der Waals surface area contributed by atoms with E-state index in [0.717, 1.165) is 22.6 Å². The van der Waals surface area contributed by atoms with Crippen molar-refractivity contribution in [2.45, 2.75) is 19.4 Å². The molecule has 2 aromatic carbocycles. The number of halogens is 1. The summed E-state index contributed by atoms with van der Waals surface area (Å²) in [6.45, 7) is 4.06. The van der Waals surface area contributed by atoms with E-state index in [-0.39, 0.29) is 6.03 Å². The molecule has 0 N–H and O–H groups in total. The minimum Gasteiger partial charge on any atom is -0.330 e. The van der Waals surface area contributed by atoms with Gasteiger partial charge in [0.15, 0.2) is 0 Å². The summed E-state index contributed by atoms with van der Waals surface area (Å²) in [6, 6.07) is 15.6. The molecule has 0 atom stereocenters. The van der Waals surface area contributed by atoms with E-state index in [1.165, 1.54) is 0 Å². The number of fused-ring (bicyclic) bond motifs is 3. The summed E-state index contributed by atoms with van der Waals surface area (Å²) >= 11 is 6.56. The first kappa shape index (κ1) is 17.6. The van der Waals surface area contributed by atoms with Gasteiger partial charge in [-0.05, 0) is 26.0 Å². The molecule has 0 saturated carbocycles. The van der Waals surface area contributed by atoms with Crippen LogP contribution in [0.25, 0.3) is 16.9 Å². The molecule has 4 rings (SSSR count). The van der Waals surface area contributed by atoms with Crippen LogP contribution < -0.4 is 4.90 Å². The minimum absolute atomic E-state index is 0.124. The molecule has 5 nitrogen and oxygen atoms in total. The number of aromatic nitrogens is 2. The Kier molecular flexibility index (Phi) is 4.00. The predicted octanol–water partition coefficient (Wildman–Crippen LogP) is 4.93. The van der Waals surface area contributed by atoms with Gasteiger partial charge >= 0.3 is 6.03 Å². The number of hydrogen-bond donors (Lipinski definition) is 0. The van der Waals surface area contributed by atoms with Crippen molar-refractivity contribution in [1.82, 2.24) is 14.5 Å². The van der Waals surface area contributed by atoms with E-state index in [1.807, 2.05) is 73.3 Å². The molecule has 2 amide bonds. The highest BCUT2D eigenvalue weighted by atomic mass is 35.5. The maximum atomic E-state index is 13.2. The van der Waals surface area contributed by atoms with E-state index in [4.69, 9.17) is 16.6 Å². The number of carbonyl (C=O) groups excluding carboxylic acids is 1. The van der Waals surface area contributed by atoms with Crippen molar-refractivity contribution >= 4 is 23.3 Å².